The van der Waals surface area contributed by atoms with Gasteiger partial charge in [-0.25, -0.2) is 0 Å². The second-order valence-corrected chi connectivity index (χ2v) is 8.95. The fraction of sp³-hybridized carbons (Fsp3) is 0.519. The lowest BCUT2D eigenvalue weighted by molar-refractivity contribution is -0.0155. The van der Waals surface area contributed by atoms with Gasteiger partial charge in [0.1, 0.15) is 18.1 Å². The molecule has 1 fully saturated rings. The Bertz CT molecular complexity index is 904. The largest absolute Gasteiger partial charge is 0.497 e. The first kappa shape index (κ1) is 23.6. The first-order valence-corrected chi connectivity index (χ1v) is 12.1. The van der Waals surface area contributed by atoms with E-state index in [9.17, 15) is 4.79 Å². The van der Waals surface area contributed by atoms with E-state index in [4.69, 9.17) is 14.2 Å². The minimum absolute atomic E-state index is 0.0276. The number of hydrogen-bond acceptors (Lipinski definition) is 5. The third-order valence-electron chi connectivity index (χ3n) is 6.84. The molecule has 4 rings (SSSR count). The Balaban J connectivity index is 1.60. The highest BCUT2D eigenvalue weighted by Crippen LogP contribution is 2.31. The normalized spacial score (nSPS) is 22.7. The summed E-state index contributed by atoms with van der Waals surface area (Å²) in [7, 11) is 3.40. The molecule has 1 amide bonds. The molecule has 0 aromatic heterocycles. The van der Waals surface area contributed by atoms with Crippen molar-refractivity contribution in [1.29, 1.82) is 0 Å². The fourth-order valence-corrected chi connectivity index (χ4v) is 5.06. The van der Waals surface area contributed by atoms with Crippen LogP contribution in [0.5, 0.6) is 11.5 Å². The Morgan fingerprint density at radius 2 is 1.82 bits per heavy atom. The van der Waals surface area contributed by atoms with E-state index >= 15 is 0 Å². The highest BCUT2D eigenvalue weighted by molar-refractivity contribution is 5.97. The van der Waals surface area contributed by atoms with Gasteiger partial charge in [0.25, 0.3) is 5.91 Å². The second kappa shape index (κ2) is 11.5. The van der Waals surface area contributed by atoms with Crippen molar-refractivity contribution in [2.45, 2.75) is 50.8 Å². The lowest BCUT2D eigenvalue weighted by Gasteiger charge is -2.41. The maximum atomic E-state index is 13.7. The van der Waals surface area contributed by atoms with Crippen LogP contribution in [0, 0.1) is 0 Å². The maximum absolute atomic E-state index is 13.7. The molecule has 1 saturated heterocycles. The van der Waals surface area contributed by atoms with Gasteiger partial charge in [-0.1, -0.05) is 36.8 Å². The molecular weight excluding hydrogens is 416 g/mol. The fourth-order valence-electron chi connectivity index (χ4n) is 5.06. The molecule has 2 aliphatic rings. The minimum atomic E-state index is 0.0276. The third-order valence-corrected chi connectivity index (χ3v) is 6.84. The van der Waals surface area contributed by atoms with Crippen molar-refractivity contribution in [1.82, 2.24) is 9.80 Å². The molecule has 6 heteroatoms. The average molecular weight is 453 g/mol. The van der Waals surface area contributed by atoms with E-state index in [1.165, 1.54) is 5.56 Å². The van der Waals surface area contributed by atoms with E-state index in [1.54, 1.807) is 14.2 Å². The van der Waals surface area contributed by atoms with Gasteiger partial charge in [-0.3, -0.25) is 9.69 Å². The monoisotopic (exact) mass is 452 g/mol. The van der Waals surface area contributed by atoms with Crippen molar-refractivity contribution < 1.29 is 19.0 Å². The summed E-state index contributed by atoms with van der Waals surface area (Å²) < 4.78 is 17.5. The average Bonchev–Trinajstić information content (AvgIpc) is 2.87. The van der Waals surface area contributed by atoms with Gasteiger partial charge in [-0.15, -0.1) is 0 Å². The topological polar surface area (TPSA) is 51.2 Å². The molecule has 0 N–H and O–H groups in total. The van der Waals surface area contributed by atoms with Crippen LogP contribution >= 0.6 is 0 Å². The highest BCUT2D eigenvalue weighted by atomic mass is 16.5. The van der Waals surface area contributed by atoms with Gasteiger partial charge in [0.15, 0.2) is 0 Å². The minimum Gasteiger partial charge on any atom is -0.497 e. The number of ether oxygens (including phenoxy) is 3. The van der Waals surface area contributed by atoms with Crippen LogP contribution in [0.4, 0.5) is 0 Å². The smallest absolute Gasteiger partial charge is 0.257 e. The van der Waals surface area contributed by atoms with Crippen LogP contribution in [0.2, 0.25) is 0 Å². The molecule has 0 bridgehead atoms. The molecule has 33 heavy (non-hydrogen) atoms. The molecule has 6 nitrogen and oxygen atoms in total. The zero-order valence-electron chi connectivity index (χ0n) is 19.9. The van der Waals surface area contributed by atoms with Crippen molar-refractivity contribution in [3.63, 3.8) is 0 Å². The molecule has 178 valence electrons. The molecule has 2 heterocycles. The quantitative estimate of drug-likeness (QED) is 0.689. The molecule has 2 aromatic carbocycles. The summed E-state index contributed by atoms with van der Waals surface area (Å²) in [5.74, 6) is 1.31. The van der Waals surface area contributed by atoms with Crippen LogP contribution < -0.4 is 9.47 Å². The molecular formula is C27H36N2O4. The first-order valence-electron chi connectivity index (χ1n) is 12.1. The third kappa shape index (κ3) is 5.87. The summed E-state index contributed by atoms with van der Waals surface area (Å²) in [6.45, 7) is 3.97. The van der Waals surface area contributed by atoms with Crippen molar-refractivity contribution in [2.75, 3.05) is 40.5 Å². The summed E-state index contributed by atoms with van der Waals surface area (Å²) in [5.41, 5.74) is 1.91. The van der Waals surface area contributed by atoms with Gasteiger partial charge >= 0.3 is 0 Å². The van der Waals surface area contributed by atoms with Crippen molar-refractivity contribution in [3.8, 4) is 11.5 Å². The van der Waals surface area contributed by atoms with Gasteiger partial charge in [0, 0.05) is 32.8 Å². The first-order chi connectivity index (χ1) is 16.2. The Kier molecular flexibility index (Phi) is 8.24. The number of hydrogen-bond donors (Lipinski definition) is 0. The van der Waals surface area contributed by atoms with Crippen LogP contribution in [0.15, 0.2) is 48.5 Å². The SMILES string of the molecule is COc1ccc2c(c1)OCCN(Cc1ccccc1)CCCC[C@@H]1[C@H](OC)CCCN1C2=O. The Morgan fingerprint density at radius 3 is 2.61 bits per heavy atom. The van der Waals surface area contributed by atoms with Crippen LogP contribution in [0.1, 0.15) is 48.0 Å². The van der Waals surface area contributed by atoms with Crippen molar-refractivity contribution >= 4 is 5.91 Å². The number of benzene rings is 2. The van der Waals surface area contributed by atoms with Crippen LogP contribution in [0.25, 0.3) is 0 Å². The number of carbonyl (C=O) groups excluding carboxylic acids is 1. The van der Waals surface area contributed by atoms with Gasteiger partial charge < -0.3 is 19.1 Å². The van der Waals surface area contributed by atoms with Crippen LogP contribution in [-0.4, -0.2) is 68.3 Å². The van der Waals surface area contributed by atoms with Gasteiger partial charge in [-0.05, 0) is 49.9 Å². The van der Waals surface area contributed by atoms with Crippen molar-refractivity contribution in [2.24, 2.45) is 0 Å². The van der Waals surface area contributed by atoms with E-state index in [2.05, 4.69) is 35.2 Å². The van der Waals surface area contributed by atoms with E-state index < -0.39 is 0 Å². The molecule has 2 aromatic rings. The number of rotatable bonds is 4. The standard InChI is InChI=1S/C27H36N2O4/c1-31-22-13-14-23-26(19-22)33-18-17-28(20-21-9-4-3-5-10-21)15-7-6-11-24-25(32-2)12-8-16-29(24)27(23)30/h3-5,9-10,13-14,19,24-25H,6-8,11-12,15-18,20H2,1-2H3/t24-,25-/m1/s1. The van der Waals surface area contributed by atoms with Gasteiger partial charge in [0.2, 0.25) is 0 Å². The summed E-state index contributed by atoms with van der Waals surface area (Å²) in [5, 5.41) is 0. The van der Waals surface area contributed by atoms with Gasteiger partial charge in [0.05, 0.1) is 24.8 Å². The Hall–Kier alpha value is -2.57. The van der Waals surface area contributed by atoms with E-state index in [-0.39, 0.29) is 18.1 Å². The van der Waals surface area contributed by atoms with Crippen LogP contribution in [-0.2, 0) is 11.3 Å². The highest BCUT2D eigenvalue weighted by Gasteiger charge is 2.35. The number of fused-ring (bicyclic) bond motifs is 2. The molecule has 2 atom stereocenters. The predicted molar refractivity (Wildman–Crippen MR) is 129 cm³/mol. The number of carbonyl (C=O) groups is 1. The molecule has 0 unspecified atom stereocenters. The molecule has 0 radical (unpaired) electrons. The number of amides is 1. The zero-order valence-corrected chi connectivity index (χ0v) is 19.9. The molecule has 0 saturated carbocycles. The molecule has 2 aliphatic heterocycles. The number of nitrogens with zero attached hydrogens (tertiary/aromatic N) is 2. The summed E-state index contributed by atoms with van der Waals surface area (Å²) in [6, 6.07) is 16.2. The number of piperidine rings is 1. The number of methoxy groups -OCH3 is 2. The molecule has 0 aliphatic carbocycles. The maximum Gasteiger partial charge on any atom is 0.257 e. The van der Waals surface area contributed by atoms with E-state index in [0.29, 0.717) is 23.7 Å². The second-order valence-electron chi connectivity index (χ2n) is 8.95. The lowest BCUT2D eigenvalue weighted by Crippen LogP contribution is -2.51. The zero-order chi connectivity index (χ0) is 23.0. The lowest BCUT2D eigenvalue weighted by atomic mass is 9.93. The van der Waals surface area contributed by atoms with Crippen LogP contribution in [0.3, 0.4) is 0 Å². The molecule has 0 spiro atoms. The summed E-state index contributed by atoms with van der Waals surface area (Å²) in [6.07, 6.45) is 5.14. The summed E-state index contributed by atoms with van der Waals surface area (Å²) >= 11 is 0. The Labute approximate surface area is 197 Å². The Morgan fingerprint density at radius 1 is 0.970 bits per heavy atom. The predicted octanol–water partition coefficient (Wildman–Crippen LogP) is 4.38. The van der Waals surface area contributed by atoms with E-state index in [0.717, 1.165) is 58.3 Å². The van der Waals surface area contributed by atoms with Crippen molar-refractivity contribution in [3.05, 3.63) is 59.7 Å². The summed E-state index contributed by atoms with van der Waals surface area (Å²) in [4.78, 5) is 18.1. The van der Waals surface area contributed by atoms with E-state index in [1.807, 2.05) is 23.1 Å². The van der Waals surface area contributed by atoms with Gasteiger partial charge in [-0.2, -0.15) is 0 Å².